The van der Waals surface area contributed by atoms with Gasteiger partial charge in [-0.1, -0.05) is 0 Å². The van der Waals surface area contributed by atoms with Crippen LogP contribution < -0.4 is 4.90 Å². The van der Waals surface area contributed by atoms with Crippen LogP contribution in [-0.4, -0.2) is 60.3 Å². The third-order valence-corrected chi connectivity index (χ3v) is 3.21. The SMILES string of the molecule is COCCN(CCOC)c1ncnc2c1c(C)nn2C. The van der Waals surface area contributed by atoms with Gasteiger partial charge < -0.3 is 14.4 Å². The Hall–Kier alpha value is -1.73. The molecule has 0 aliphatic heterocycles. The van der Waals surface area contributed by atoms with Gasteiger partial charge >= 0.3 is 0 Å². The fourth-order valence-corrected chi connectivity index (χ4v) is 2.22. The van der Waals surface area contributed by atoms with Gasteiger partial charge in [-0.3, -0.25) is 4.68 Å². The van der Waals surface area contributed by atoms with Gasteiger partial charge in [0.15, 0.2) is 5.65 Å². The smallest absolute Gasteiger partial charge is 0.163 e. The van der Waals surface area contributed by atoms with E-state index in [1.165, 1.54) is 0 Å². The van der Waals surface area contributed by atoms with Crippen molar-refractivity contribution in [2.75, 3.05) is 45.4 Å². The highest BCUT2D eigenvalue weighted by atomic mass is 16.5. The van der Waals surface area contributed by atoms with Crippen molar-refractivity contribution in [3.05, 3.63) is 12.0 Å². The molecular formula is C13H21N5O2. The molecule has 2 aromatic heterocycles. The van der Waals surface area contributed by atoms with Crippen LogP contribution in [0.25, 0.3) is 11.0 Å². The van der Waals surface area contributed by atoms with Gasteiger partial charge in [0.2, 0.25) is 0 Å². The first-order chi connectivity index (χ1) is 9.69. The van der Waals surface area contributed by atoms with Crippen molar-refractivity contribution in [2.24, 2.45) is 7.05 Å². The first kappa shape index (κ1) is 14.7. The van der Waals surface area contributed by atoms with Crippen molar-refractivity contribution < 1.29 is 9.47 Å². The molecule has 0 aromatic carbocycles. The standard InChI is InChI=1S/C13H21N5O2/c1-10-11-12(17(2)16-10)14-9-15-13(11)18(5-7-19-3)6-8-20-4/h9H,5-8H2,1-4H3. The molecule has 0 bridgehead atoms. The minimum Gasteiger partial charge on any atom is -0.383 e. The molecule has 7 heteroatoms. The lowest BCUT2D eigenvalue weighted by atomic mass is 10.2. The lowest BCUT2D eigenvalue weighted by molar-refractivity contribution is 0.190. The van der Waals surface area contributed by atoms with Crippen LogP contribution in [0.4, 0.5) is 5.82 Å². The number of hydrogen-bond acceptors (Lipinski definition) is 6. The molecule has 2 rings (SSSR count). The van der Waals surface area contributed by atoms with E-state index in [9.17, 15) is 0 Å². The molecule has 0 saturated carbocycles. The third-order valence-electron chi connectivity index (χ3n) is 3.21. The fraction of sp³-hybridized carbons (Fsp3) is 0.615. The predicted molar refractivity (Wildman–Crippen MR) is 77.0 cm³/mol. The van der Waals surface area contributed by atoms with Crippen LogP contribution in [0.15, 0.2) is 6.33 Å². The van der Waals surface area contributed by atoms with E-state index in [2.05, 4.69) is 20.0 Å². The van der Waals surface area contributed by atoms with Crippen molar-refractivity contribution in [2.45, 2.75) is 6.92 Å². The zero-order chi connectivity index (χ0) is 14.5. The molecule has 0 fully saturated rings. The normalized spacial score (nSPS) is 11.2. The van der Waals surface area contributed by atoms with Crippen molar-refractivity contribution in [3.63, 3.8) is 0 Å². The van der Waals surface area contributed by atoms with Crippen LogP contribution in [-0.2, 0) is 16.5 Å². The highest BCUT2D eigenvalue weighted by Gasteiger charge is 2.17. The molecule has 110 valence electrons. The van der Waals surface area contributed by atoms with Gasteiger partial charge in [-0.15, -0.1) is 0 Å². The molecule has 20 heavy (non-hydrogen) atoms. The van der Waals surface area contributed by atoms with Gasteiger partial charge in [-0.25, -0.2) is 9.97 Å². The summed E-state index contributed by atoms with van der Waals surface area (Å²) in [7, 11) is 5.28. The van der Waals surface area contributed by atoms with Gasteiger partial charge in [0, 0.05) is 34.4 Å². The minimum atomic E-state index is 0.633. The number of aryl methyl sites for hydroxylation is 2. The summed E-state index contributed by atoms with van der Waals surface area (Å²) in [6.07, 6.45) is 1.57. The number of ether oxygens (including phenoxy) is 2. The highest BCUT2D eigenvalue weighted by molar-refractivity contribution is 5.89. The Morgan fingerprint density at radius 2 is 1.80 bits per heavy atom. The minimum absolute atomic E-state index is 0.633. The van der Waals surface area contributed by atoms with Crippen LogP contribution in [0, 0.1) is 6.92 Å². The molecule has 0 amide bonds. The molecule has 0 aliphatic rings. The van der Waals surface area contributed by atoms with Gasteiger partial charge in [0.05, 0.1) is 24.3 Å². The Labute approximate surface area is 118 Å². The molecular weight excluding hydrogens is 258 g/mol. The largest absolute Gasteiger partial charge is 0.383 e. The molecule has 0 unspecified atom stereocenters. The molecule has 2 aromatic rings. The van der Waals surface area contributed by atoms with E-state index in [1.807, 2.05) is 14.0 Å². The number of anilines is 1. The maximum absolute atomic E-state index is 5.17. The first-order valence-corrected chi connectivity index (χ1v) is 6.56. The van der Waals surface area contributed by atoms with Gasteiger partial charge in [-0.2, -0.15) is 5.10 Å². The van der Waals surface area contributed by atoms with Crippen molar-refractivity contribution in [3.8, 4) is 0 Å². The maximum Gasteiger partial charge on any atom is 0.163 e. The Kier molecular flexibility index (Phi) is 4.86. The number of rotatable bonds is 7. The zero-order valence-corrected chi connectivity index (χ0v) is 12.5. The Balaban J connectivity index is 2.41. The summed E-state index contributed by atoms with van der Waals surface area (Å²) in [5, 5.41) is 5.41. The van der Waals surface area contributed by atoms with E-state index in [0.717, 1.165) is 35.6 Å². The first-order valence-electron chi connectivity index (χ1n) is 6.56. The lowest BCUT2D eigenvalue weighted by Gasteiger charge is -2.23. The molecule has 0 atom stereocenters. The Morgan fingerprint density at radius 3 is 2.40 bits per heavy atom. The summed E-state index contributed by atoms with van der Waals surface area (Å²) in [5.41, 5.74) is 1.77. The van der Waals surface area contributed by atoms with E-state index >= 15 is 0 Å². The number of aromatic nitrogens is 4. The molecule has 0 spiro atoms. The number of methoxy groups -OCH3 is 2. The summed E-state index contributed by atoms with van der Waals surface area (Å²) in [4.78, 5) is 10.9. The maximum atomic E-state index is 5.17. The zero-order valence-electron chi connectivity index (χ0n) is 12.5. The second-order valence-corrected chi connectivity index (χ2v) is 4.58. The molecule has 0 N–H and O–H groups in total. The van der Waals surface area contributed by atoms with Crippen LogP contribution in [0.2, 0.25) is 0 Å². The summed E-state index contributed by atoms with van der Waals surface area (Å²) in [6.45, 7) is 4.74. The summed E-state index contributed by atoms with van der Waals surface area (Å²) in [5.74, 6) is 0.884. The monoisotopic (exact) mass is 279 g/mol. The van der Waals surface area contributed by atoms with E-state index in [0.29, 0.717) is 13.2 Å². The second-order valence-electron chi connectivity index (χ2n) is 4.58. The molecule has 0 aliphatic carbocycles. The van der Waals surface area contributed by atoms with E-state index < -0.39 is 0 Å². The number of nitrogens with zero attached hydrogens (tertiary/aromatic N) is 5. The van der Waals surface area contributed by atoms with Gasteiger partial charge in [0.1, 0.15) is 12.1 Å². The molecule has 2 heterocycles. The topological polar surface area (TPSA) is 65.3 Å². The van der Waals surface area contributed by atoms with Crippen molar-refractivity contribution >= 4 is 16.9 Å². The third kappa shape index (κ3) is 2.88. The summed E-state index contributed by atoms with van der Waals surface area (Å²) in [6, 6.07) is 0. The van der Waals surface area contributed by atoms with Crippen molar-refractivity contribution in [1.82, 2.24) is 19.7 Å². The van der Waals surface area contributed by atoms with E-state index in [-0.39, 0.29) is 0 Å². The highest BCUT2D eigenvalue weighted by Crippen LogP contribution is 2.25. The van der Waals surface area contributed by atoms with Gasteiger partial charge in [0.25, 0.3) is 0 Å². The quantitative estimate of drug-likeness (QED) is 0.746. The Bertz CT molecular complexity index is 561. The van der Waals surface area contributed by atoms with Crippen LogP contribution >= 0.6 is 0 Å². The van der Waals surface area contributed by atoms with E-state index in [4.69, 9.17) is 9.47 Å². The molecule has 0 radical (unpaired) electrons. The summed E-state index contributed by atoms with van der Waals surface area (Å²) < 4.78 is 12.1. The van der Waals surface area contributed by atoms with Crippen LogP contribution in [0.1, 0.15) is 5.69 Å². The Morgan fingerprint density at radius 1 is 1.15 bits per heavy atom. The average Bonchev–Trinajstić information content (AvgIpc) is 2.75. The second kappa shape index (κ2) is 6.62. The van der Waals surface area contributed by atoms with Crippen LogP contribution in [0.5, 0.6) is 0 Å². The number of hydrogen-bond donors (Lipinski definition) is 0. The van der Waals surface area contributed by atoms with Crippen molar-refractivity contribution in [1.29, 1.82) is 0 Å². The van der Waals surface area contributed by atoms with Gasteiger partial charge in [-0.05, 0) is 6.92 Å². The predicted octanol–water partition coefficient (Wildman–Crippen LogP) is 0.771. The summed E-state index contributed by atoms with van der Waals surface area (Å²) >= 11 is 0. The lowest BCUT2D eigenvalue weighted by Crippen LogP contribution is -2.31. The van der Waals surface area contributed by atoms with Crippen LogP contribution in [0.3, 0.4) is 0 Å². The average molecular weight is 279 g/mol. The molecule has 0 saturated heterocycles. The molecule has 7 nitrogen and oxygen atoms in total. The fourth-order valence-electron chi connectivity index (χ4n) is 2.22. The number of fused-ring (bicyclic) bond motifs is 1. The van der Waals surface area contributed by atoms with E-state index in [1.54, 1.807) is 25.2 Å².